The van der Waals surface area contributed by atoms with E-state index in [1.54, 1.807) is 6.07 Å². The predicted molar refractivity (Wildman–Crippen MR) is 113 cm³/mol. The summed E-state index contributed by atoms with van der Waals surface area (Å²) in [5.74, 6) is -0.312. The topological polar surface area (TPSA) is 58.1 Å². The summed E-state index contributed by atoms with van der Waals surface area (Å²) in [7, 11) is 0. The molecule has 1 fully saturated rings. The lowest BCUT2D eigenvalue weighted by Gasteiger charge is -2.30. The van der Waals surface area contributed by atoms with Crippen molar-refractivity contribution in [1.29, 1.82) is 0 Å². The zero-order valence-corrected chi connectivity index (χ0v) is 16.5. The zero-order valence-electron chi connectivity index (χ0n) is 14.9. The first-order chi connectivity index (χ1) is 13.7. The van der Waals surface area contributed by atoms with Crippen LogP contribution in [-0.2, 0) is 4.79 Å². The number of hydrogen-bond acceptors (Lipinski definition) is 6. The van der Waals surface area contributed by atoms with E-state index in [4.69, 9.17) is 0 Å². The Kier molecular flexibility index (Phi) is 4.44. The Labute approximate surface area is 168 Å². The van der Waals surface area contributed by atoms with Crippen molar-refractivity contribution in [3.8, 4) is 0 Å². The molecular formula is C20H17FN4OS2. The molecule has 0 spiro atoms. The molecule has 1 aliphatic heterocycles. The summed E-state index contributed by atoms with van der Waals surface area (Å²) in [6.07, 6.45) is 1.49. The molecule has 0 unspecified atom stereocenters. The minimum Gasteiger partial charge on any atom is -0.348 e. The van der Waals surface area contributed by atoms with Gasteiger partial charge < -0.3 is 10.2 Å². The van der Waals surface area contributed by atoms with Crippen molar-refractivity contribution >= 4 is 59.3 Å². The fourth-order valence-electron chi connectivity index (χ4n) is 3.50. The van der Waals surface area contributed by atoms with E-state index >= 15 is 0 Å². The Morgan fingerprint density at radius 3 is 2.61 bits per heavy atom. The zero-order chi connectivity index (χ0) is 19.1. The quantitative estimate of drug-likeness (QED) is 0.520. The average molecular weight is 413 g/mol. The SMILES string of the molecule is O=C(Nc1nc2ccccc2s1)C1CCN(c2nc3c(F)cccc3s2)CC1. The van der Waals surface area contributed by atoms with Gasteiger partial charge >= 0.3 is 0 Å². The highest BCUT2D eigenvalue weighted by molar-refractivity contribution is 7.22. The molecular weight excluding hydrogens is 395 g/mol. The van der Waals surface area contributed by atoms with Gasteiger partial charge in [-0.15, -0.1) is 0 Å². The Balaban J connectivity index is 1.24. The summed E-state index contributed by atoms with van der Waals surface area (Å²) in [6, 6.07) is 12.9. The highest BCUT2D eigenvalue weighted by atomic mass is 32.1. The first-order valence-electron chi connectivity index (χ1n) is 9.14. The minimum absolute atomic E-state index is 0.0223. The first kappa shape index (κ1) is 17.5. The summed E-state index contributed by atoms with van der Waals surface area (Å²) in [4.78, 5) is 23.7. The van der Waals surface area contributed by atoms with Gasteiger partial charge in [0.1, 0.15) is 11.3 Å². The normalized spacial score (nSPS) is 15.4. The van der Waals surface area contributed by atoms with Crippen LogP contribution in [0.25, 0.3) is 20.4 Å². The van der Waals surface area contributed by atoms with Crippen LogP contribution >= 0.6 is 22.7 Å². The van der Waals surface area contributed by atoms with Crippen LogP contribution in [0.3, 0.4) is 0 Å². The summed E-state index contributed by atoms with van der Waals surface area (Å²) >= 11 is 2.99. The lowest BCUT2D eigenvalue weighted by molar-refractivity contribution is -0.120. The number of rotatable bonds is 3. The smallest absolute Gasteiger partial charge is 0.229 e. The number of nitrogens with one attached hydrogen (secondary N) is 1. The molecule has 142 valence electrons. The number of thiazole rings is 2. The van der Waals surface area contributed by atoms with E-state index in [2.05, 4.69) is 20.2 Å². The molecule has 5 rings (SSSR count). The van der Waals surface area contributed by atoms with Gasteiger partial charge in [0.05, 0.1) is 14.9 Å². The standard InChI is InChI=1S/C20H17FN4OS2/c21-13-4-3-7-16-17(13)23-20(28-16)25-10-8-12(9-11-25)18(26)24-19-22-14-5-1-2-6-15(14)27-19/h1-7,12H,8-11H2,(H,22,24,26). The number of para-hydroxylation sites is 2. The first-order valence-corrected chi connectivity index (χ1v) is 10.8. The van der Waals surface area contributed by atoms with Gasteiger partial charge in [-0.05, 0) is 37.1 Å². The molecule has 2 aromatic carbocycles. The number of piperidine rings is 1. The second-order valence-corrected chi connectivity index (χ2v) is 8.86. The molecule has 1 saturated heterocycles. The lowest BCUT2D eigenvalue weighted by atomic mass is 9.96. The highest BCUT2D eigenvalue weighted by Gasteiger charge is 2.27. The Morgan fingerprint density at radius 2 is 1.82 bits per heavy atom. The van der Waals surface area contributed by atoms with Crippen LogP contribution in [0.2, 0.25) is 0 Å². The molecule has 3 heterocycles. The second-order valence-electron chi connectivity index (χ2n) is 6.82. The number of hydrogen-bond donors (Lipinski definition) is 1. The van der Waals surface area contributed by atoms with Gasteiger partial charge in [-0.2, -0.15) is 0 Å². The van der Waals surface area contributed by atoms with Crippen molar-refractivity contribution in [2.75, 3.05) is 23.3 Å². The van der Waals surface area contributed by atoms with Crippen molar-refractivity contribution in [3.05, 3.63) is 48.3 Å². The van der Waals surface area contributed by atoms with Crippen LogP contribution in [-0.4, -0.2) is 29.0 Å². The lowest BCUT2D eigenvalue weighted by Crippen LogP contribution is -2.38. The molecule has 0 aliphatic carbocycles. The molecule has 1 N–H and O–H groups in total. The number of amides is 1. The van der Waals surface area contributed by atoms with E-state index in [1.165, 1.54) is 28.7 Å². The average Bonchev–Trinajstić information content (AvgIpc) is 3.32. The van der Waals surface area contributed by atoms with Crippen LogP contribution in [0, 0.1) is 11.7 Å². The van der Waals surface area contributed by atoms with Gasteiger partial charge in [0.25, 0.3) is 0 Å². The largest absolute Gasteiger partial charge is 0.348 e. The van der Waals surface area contributed by atoms with Crippen LogP contribution in [0.1, 0.15) is 12.8 Å². The molecule has 0 radical (unpaired) electrons. The second kappa shape index (κ2) is 7.10. The molecule has 0 saturated carbocycles. The van der Waals surface area contributed by atoms with Gasteiger partial charge in [0, 0.05) is 19.0 Å². The van der Waals surface area contributed by atoms with E-state index in [1.807, 2.05) is 30.3 Å². The third kappa shape index (κ3) is 3.22. The number of carbonyl (C=O) groups is 1. The predicted octanol–water partition coefficient (Wildman–Crippen LogP) is 4.90. The van der Waals surface area contributed by atoms with Crippen molar-refractivity contribution < 1.29 is 9.18 Å². The Hall–Kier alpha value is -2.58. The Morgan fingerprint density at radius 1 is 1.04 bits per heavy atom. The molecule has 1 amide bonds. The van der Waals surface area contributed by atoms with Gasteiger partial charge in [-0.1, -0.05) is 40.9 Å². The number of carbonyl (C=O) groups excluding carboxylic acids is 1. The molecule has 8 heteroatoms. The van der Waals surface area contributed by atoms with E-state index in [-0.39, 0.29) is 17.6 Å². The van der Waals surface area contributed by atoms with Crippen LogP contribution in [0.15, 0.2) is 42.5 Å². The van der Waals surface area contributed by atoms with Crippen LogP contribution in [0.5, 0.6) is 0 Å². The fraction of sp³-hybridized carbons (Fsp3) is 0.250. The van der Waals surface area contributed by atoms with Gasteiger partial charge in [-0.3, -0.25) is 4.79 Å². The Bertz CT molecular complexity index is 1130. The summed E-state index contributed by atoms with van der Waals surface area (Å²) in [5.41, 5.74) is 1.33. The van der Waals surface area contributed by atoms with Crippen LogP contribution in [0.4, 0.5) is 14.7 Å². The van der Waals surface area contributed by atoms with E-state index in [9.17, 15) is 9.18 Å². The molecule has 0 bridgehead atoms. The third-order valence-electron chi connectivity index (χ3n) is 5.02. The monoisotopic (exact) mass is 412 g/mol. The van der Waals surface area contributed by atoms with Gasteiger partial charge in [0.15, 0.2) is 10.3 Å². The molecule has 0 atom stereocenters. The summed E-state index contributed by atoms with van der Waals surface area (Å²) in [5, 5.41) is 4.44. The van der Waals surface area contributed by atoms with Crippen molar-refractivity contribution in [2.45, 2.75) is 12.8 Å². The number of benzene rings is 2. The maximum Gasteiger partial charge on any atom is 0.229 e. The minimum atomic E-state index is -0.287. The number of halogens is 1. The van der Waals surface area contributed by atoms with Gasteiger partial charge in [0.2, 0.25) is 5.91 Å². The summed E-state index contributed by atoms with van der Waals surface area (Å²) < 4.78 is 15.8. The van der Waals surface area contributed by atoms with E-state index < -0.39 is 0 Å². The number of aromatic nitrogens is 2. The number of fused-ring (bicyclic) bond motifs is 2. The van der Waals surface area contributed by atoms with E-state index in [0.717, 1.165) is 46.0 Å². The number of anilines is 2. The highest BCUT2D eigenvalue weighted by Crippen LogP contribution is 2.33. The van der Waals surface area contributed by atoms with Crippen molar-refractivity contribution in [1.82, 2.24) is 9.97 Å². The molecule has 28 heavy (non-hydrogen) atoms. The maximum absolute atomic E-state index is 13.9. The van der Waals surface area contributed by atoms with Crippen LogP contribution < -0.4 is 10.2 Å². The summed E-state index contributed by atoms with van der Waals surface area (Å²) in [6.45, 7) is 1.47. The third-order valence-corrected chi connectivity index (χ3v) is 7.05. The molecule has 5 nitrogen and oxygen atoms in total. The molecule has 1 aliphatic rings. The fourth-order valence-corrected chi connectivity index (χ4v) is 5.41. The molecule has 2 aromatic heterocycles. The van der Waals surface area contributed by atoms with Gasteiger partial charge in [-0.25, -0.2) is 14.4 Å². The van der Waals surface area contributed by atoms with E-state index in [0.29, 0.717) is 10.6 Å². The van der Waals surface area contributed by atoms with Crippen molar-refractivity contribution in [3.63, 3.8) is 0 Å². The maximum atomic E-state index is 13.9. The van der Waals surface area contributed by atoms with Crippen molar-refractivity contribution in [2.24, 2.45) is 5.92 Å². The number of nitrogens with zero attached hydrogens (tertiary/aromatic N) is 3. The molecule has 4 aromatic rings.